The molecule has 0 aliphatic carbocycles. The van der Waals surface area contributed by atoms with Gasteiger partial charge in [-0.2, -0.15) is 13.2 Å². The minimum Gasteiger partial charge on any atom is -0.342 e. The second-order valence-electron chi connectivity index (χ2n) is 7.67. The second kappa shape index (κ2) is 9.80. The van der Waals surface area contributed by atoms with Crippen molar-refractivity contribution in [3.63, 3.8) is 0 Å². The number of benzene rings is 2. The summed E-state index contributed by atoms with van der Waals surface area (Å²) in [4.78, 5) is 37.9. The number of hydrogen-bond acceptors (Lipinski definition) is 4. The van der Waals surface area contributed by atoms with E-state index in [1.807, 2.05) is 30.3 Å². The summed E-state index contributed by atoms with van der Waals surface area (Å²) in [6.07, 6.45) is -4.30. The topological polar surface area (TPSA) is 83.8 Å². The molecule has 7 nitrogen and oxygen atoms in total. The Hall–Kier alpha value is -3.43. The van der Waals surface area contributed by atoms with Gasteiger partial charge >= 0.3 is 6.18 Å². The molecule has 1 saturated heterocycles. The van der Waals surface area contributed by atoms with E-state index >= 15 is 0 Å². The van der Waals surface area contributed by atoms with Gasteiger partial charge in [0.2, 0.25) is 11.8 Å². The molecule has 2 amide bonds. The van der Waals surface area contributed by atoms with Gasteiger partial charge in [-0.15, -0.1) is 0 Å². The maximum absolute atomic E-state index is 13.2. The van der Waals surface area contributed by atoms with Gasteiger partial charge in [-0.1, -0.05) is 48.5 Å². The van der Waals surface area contributed by atoms with E-state index in [1.54, 1.807) is 0 Å². The number of nitro benzene ring substituents is 1. The van der Waals surface area contributed by atoms with E-state index in [9.17, 15) is 32.9 Å². The molecule has 3 rings (SSSR count). The molecule has 0 radical (unpaired) electrons. The number of rotatable bonds is 8. The van der Waals surface area contributed by atoms with Crippen molar-refractivity contribution >= 4 is 17.5 Å². The van der Waals surface area contributed by atoms with Crippen LogP contribution >= 0.6 is 0 Å². The van der Waals surface area contributed by atoms with Crippen LogP contribution < -0.4 is 0 Å². The van der Waals surface area contributed by atoms with Crippen LogP contribution in [0.25, 0.3) is 0 Å². The van der Waals surface area contributed by atoms with Crippen molar-refractivity contribution in [2.45, 2.75) is 25.6 Å². The lowest BCUT2D eigenvalue weighted by molar-refractivity contribution is -0.385. The smallest absolute Gasteiger partial charge is 0.342 e. The van der Waals surface area contributed by atoms with Crippen LogP contribution in [0.2, 0.25) is 0 Å². The van der Waals surface area contributed by atoms with Crippen LogP contribution in [0.5, 0.6) is 0 Å². The normalized spacial score (nSPS) is 16.3. The van der Waals surface area contributed by atoms with Crippen LogP contribution in [0.1, 0.15) is 17.5 Å². The molecule has 170 valence electrons. The summed E-state index contributed by atoms with van der Waals surface area (Å²) in [5.74, 6) is -2.06. The van der Waals surface area contributed by atoms with Crippen LogP contribution in [0.3, 0.4) is 0 Å². The van der Waals surface area contributed by atoms with E-state index in [2.05, 4.69) is 0 Å². The molecule has 2 aromatic carbocycles. The van der Waals surface area contributed by atoms with Crippen LogP contribution in [0.15, 0.2) is 54.6 Å². The molecular weight excluding hydrogens is 427 g/mol. The van der Waals surface area contributed by atoms with Gasteiger partial charge in [-0.25, -0.2) is 0 Å². The van der Waals surface area contributed by atoms with Gasteiger partial charge in [-0.3, -0.25) is 19.7 Å². The summed E-state index contributed by atoms with van der Waals surface area (Å²) < 4.78 is 39.5. The van der Waals surface area contributed by atoms with Crippen molar-refractivity contribution in [2.24, 2.45) is 5.92 Å². The largest absolute Gasteiger partial charge is 0.406 e. The Labute approximate surface area is 182 Å². The molecule has 1 atom stereocenters. The summed E-state index contributed by atoms with van der Waals surface area (Å²) in [5.41, 5.74) is 0.643. The quantitative estimate of drug-likeness (QED) is 0.456. The standard InChI is InChI=1S/C22H22F3N3O4/c23-22(24,25)15-27(13-17-8-4-5-9-19(17)28(31)32)21(30)18-12-20(29)26(14-18)11-10-16-6-2-1-3-7-16/h1-9,18H,10-15H2. The summed E-state index contributed by atoms with van der Waals surface area (Å²) in [6, 6.07) is 14.8. The fourth-order valence-corrected chi connectivity index (χ4v) is 3.78. The predicted octanol–water partition coefficient (Wildman–Crippen LogP) is 3.58. The highest BCUT2D eigenvalue weighted by molar-refractivity contribution is 5.89. The van der Waals surface area contributed by atoms with E-state index in [-0.39, 0.29) is 30.1 Å². The zero-order chi connectivity index (χ0) is 23.3. The molecule has 1 fully saturated rings. The maximum Gasteiger partial charge on any atom is 0.406 e. The third-order valence-electron chi connectivity index (χ3n) is 5.31. The molecule has 0 bridgehead atoms. The molecule has 1 aliphatic rings. The van der Waals surface area contributed by atoms with Gasteiger partial charge in [0.1, 0.15) is 6.54 Å². The maximum atomic E-state index is 13.2. The van der Waals surface area contributed by atoms with Gasteiger partial charge in [0.05, 0.1) is 17.4 Å². The Morgan fingerprint density at radius 2 is 1.78 bits per heavy atom. The first kappa shape index (κ1) is 23.2. The zero-order valence-electron chi connectivity index (χ0n) is 17.1. The molecule has 1 heterocycles. The first-order valence-corrected chi connectivity index (χ1v) is 10.0. The van der Waals surface area contributed by atoms with Crippen molar-refractivity contribution in [2.75, 3.05) is 19.6 Å². The van der Waals surface area contributed by atoms with Gasteiger partial charge in [0.25, 0.3) is 5.69 Å². The average molecular weight is 449 g/mol. The van der Waals surface area contributed by atoms with E-state index in [0.29, 0.717) is 17.9 Å². The van der Waals surface area contributed by atoms with Crippen molar-refractivity contribution in [1.29, 1.82) is 0 Å². The summed E-state index contributed by atoms with van der Waals surface area (Å²) >= 11 is 0. The minimum atomic E-state index is -4.69. The first-order chi connectivity index (χ1) is 15.1. The highest BCUT2D eigenvalue weighted by Gasteiger charge is 2.40. The van der Waals surface area contributed by atoms with Crippen LogP contribution in [0.4, 0.5) is 18.9 Å². The number of halogens is 3. The number of carbonyl (C=O) groups is 2. The number of carbonyl (C=O) groups excluding carboxylic acids is 2. The molecule has 2 aromatic rings. The van der Waals surface area contributed by atoms with Gasteiger partial charge in [-0.05, 0) is 12.0 Å². The van der Waals surface area contributed by atoms with Crippen LogP contribution in [-0.4, -0.2) is 52.3 Å². The summed E-state index contributed by atoms with van der Waals surface area (Å²) in [5, 5.41) is 11.2. The third-order valence-corrected chi connectivity index (χ3v) is 5.31. The van der Waals surface area contributed by atoms with E-state index < -0.39 is 36.0 Å². The zero-order valence-corrected chi connectivity index (χ0v) is 17.1. The fraction of sp³-hybridized carbons (Fsp3) is 0.364. The number of nitro groups is 1. The third kappa shape index (κ3) is 6.05. The molecule has 1 aliphatic heterocycles. The number of nitrogens with zero attached hydrogens (tertiary/aromatic N) is 3. The summed E-state index contributed by atoms with van der Waals surface area (Å²) in [7, 11) is 0. The molecule has 32 heavy (non-hydrogen) atoms. The Kier molecular flexibility index (Phi) is 7.12. The monoisotopic (exact) mass is 449 g/mol. The number of likely N-dealkylation sites (tertiary alicyclic amines) is 1. The van der Waals surface area contributed by atoms with Gasteiger partial charge in [0, 0.05) is 31.1 Å². The van der Waals surface area contributed by atoms with Crippen LogP contribution in [0, 0.1) is 16.0 Å². The molecular formula is C22H22F3N3O4. The lowest BCUT2D eigenvalue weighted by atomic mass is 10.1. The Morgan fingerprint density at radius 1 is 1.12 bits per heavy atom. The number of amides is 2. The molecule has 0 N–H and O–H groups in total. The first-order valence-electron chi connectivity index (χ1n) is 10.0. The Morgan fingerprint density at radius 3 is 2.44 bits per heavy atom. The van der Waals surface area contributed by atoms with Crippen molar-refractivity contribution in [3.05, 3.63) is 75.8 Å². The molecule has 0 saturated carbocycles. The Balaban J connectivity index is 1.72. The highest BCUT2D eigenvalue weighted by Crippen LogP contribution is 2.27. The van der Waals surface area contributed by atoms with E-state index in [4.69, 9.17) is 0 Å². The lowest BCUT2D eigenvalue weighted by Gasteiger charge is -2.26. The van der Waals surface area contributed by atoms with Gasteiger partial charge < -0.3 is 9.80 Å². The van der Waals surface area contributed by atoms with Crippen molar-refractivity contribution in [1.82, 2.24) is 9.80 Å². The summed E-state index contributed by atoms with van der Waals surface area (Å²) in [6.45, 7) is -1.73. The predicted molar refractivity (Wildman–Crippen MR) is 109 cm³/mol. The minimum absolute atomic E-state index is 0.000331. The number of para-hydroxylation sites is 1. The Bertz CT molecular complexity index is 982. The molecule has 0 aromatic heterocycles. The van der Waals surface area contributed by atoms with Crippen molar-refractivity contribution < 1.29 is 27.7 Å². The number of hydrogen-bond donors (Lipinski definition) is 0. The molecule has 10 heteroatoms. The van der Waals surface area contributed by atoms with Crippen LogP contribution in [-0.2, 0) is 22.6 Å². The van der Waals surface area contributed by atoms with Crippen molar-refractivity contribution in [3.8, 4) is 0 Å². The van der Waals surface area contributed by atoms with Gasteiger partial charge in [0.15, 0.2) is 0 Å². The van der Waals surface area contributed by atoms with E-state index in [0.717, 1.165) is 5.56 Å². The SMILES string of the molecule is O=C1CC(C(=O)N(Cc2ccccc2[N+](=O)[O-])CC(F)(F)F)CN1CCc1ccccc1. The highest BCUT2D eigenvalue weighted by atomic mass is 19.4. The molecule has 1 unspecified atom stereocenters. The average Bonchev–Trinajstić information content (AvgIpc) is 3.12. The fourth-order valence-electron chi connectivity index (χ4n) is 3.78. The van der Waals surface area contributed by atoms with E-state index in [1.165, 1.54) is 29.2 Å². The second-order valence-corrected chi connectivity index (χ2v) is 7.67. The lowest BCUT2D eigenvalue weighted by Crippen LogP contribution is -2.42. The molecule has 0 spiro atoms. The number of alkyl halides is 3.